The molecule has 0 spiro atoms. The molecule has 0 bridgehead atoms. The van der Waals surface area contributed by atoms with Crippen LogP contribution in [0.4, 0.5) is 10.1 Å². The lowest BCUT2D eigenvalue weighted by atomic mass is 9.99. The summed E-state index contributed by atoms with van der Waals surface area (Å²) in [5.41, 5.74) is 0.357. The Hall–Kier alpha value is -1.87. The highest BCUT2D eigenvalue weighted by Gasteiger charge is 2.35. The zero-order valence-electron chi connectivity index (χ0n) is 15.5. The molecule has 1 heterocycles. The Kier molecular flexibility index (Phi) is 6.68. The lowest BCUT2D eigenvalue weighted by Crippen LogP contribution is -2.43. The van der Waals surface area contributed by atoms with E-state index in [1.165, 1.54) is 17.5 Å². The maximum atomic E-state index is 13.7. The molecule has 1 atom stereocenters. The molecule has 29 heavy (non-hydrogen) atoms. The highest BCUT2D eigenvalue weighted by Crippen LogP contribution is 2.32. The first-order valence-corrected chi connectivity index (χ1v) is 11.0. The van der Waals surface area contributed by atoms with E-state index in [2.05, 4.69) is 5.32 Å². The van der Waals surface area contributed by atoms with E-state index in [0.717, 1.165) is 12.1 Å². The molecule has 1 aliphatic rings. The molecule has 0 aromatic heterocycles. The van der Waals surface area contributed by atoms with Gasteiger partial charge in [0.05, 0.1) is 28.8 Å². The Labute approximate surface area is 178 Å². The minimum Gasteiger partial charge on any atom is -0.495 e. The molecule has 1 aliphatic heterocycles. The fourth-order valence-corrected chi connectivity index (χ4v) is 5.24. The number of rotatable bonds is 5. The van der Waals surface area contributed by atoms with Crippen LogP contribution < -0.4 is 10.1 Å². The molecule has 3 rings (SSSR count). The average molecular weight is 461 g/mol. The molecule has 0 unspecified atom stereocenters. The first-order valence-electron chi connectivity index (χ1n) is 8.82. The molecule has 1 N–H and O–H groups in total. The number of benzene rings is 2. The molecule has 10 heteroatoms. The molecule has 1 saturated heterocycles. The number of hydrogen-bond acceptors (Lipinski definition) is 4. The lowest BCUT2D eigenvalue weighted by Gasteiger charge is -2.31. The van der Waals surface area contributed by atoms with Crippen LogP contribution in [0.25, 0.3) is 0 Å². The van der Waals surface area contributed by atoms with Crippen LogP contribution >= 0.6 is 23.2 Å². The van der Waals surface area contributed by atoms with Crippen molar-refractivity contribution in [1.29, 1.82) is 0 Å². The third kappa shape index (κ3) is 4.66. The zero-order chi connectivity index (χ0) is 21.2. The van der Waals surface area contributed by atoms with Crippen molar-refractivity contribution in [3.63, 3.8) is 0 Å². The molecule has 2 aromatic carbocycles. The van der Waals surface area contributed by atoms with Gasteiger partial charge in [0.25, 0.3) is 0 Å². The van der Waals surface area contributed by atoms with E-state index in [-0.39, 0.29) is 34.7 Å². The molecule has 6 nitrogen and oxygen atoms in total. The van der Waals surface area contributed by atoms with E-state index < -0.39 is 21.8 Å². The molecule has 0 radical (unpaired) electrons. The Bertz CT molecular complexity index is 1030. The second-order valence-electron chi connectivity index (χ2n) is 6.59. The summed E-state index contributed by atoms with van der Waals surface area (Å²) in [5, 5.41) is 3.22. The minimum absolute atomic E-state index is 0.0357. The highest BCUT2D eigenvalue weighted by atomic mass is 35.5. The van der Waals surface area contributed by atoms with Gasteiger partial charge in [-0.2, -0.15) is 4.31 Å². The van der Waals surface area contributed by atoms with E-state index >= 15 is 0 Å². The molecule has 2 aromatic rings. The SMILES string of the molecule is COc1ccc(F)cc1S(=O)(=O)N1CCC[C@@H](C(=O)Nc2cccc(Cl)c2Cl)C1. The summed E-state index contributed by atoms with van der Waals surface area (Å²) in [4.78, 5) is 12.4. The van der Waals surface area contributed by atoms with Gasteiger partial charge in [0.1, 0.15) is 16.5 Å². The number of anilines is 1. The molecular formula is C19H19Cl2FN2O4S. The topological polar surface area (TPSA) is 75.7 Å². The van der Waals surface area contributed by atoms with Crippen molar-refractivity contribution in [3.05, 3.63) is 52.3 Å². The van der Waals surface area contributed by atoms with Gasteiger partial charge < -0.3 is 10.1 Å². The summed E-state index contributed by atoms with van der Waals surface area (Å²) in [7, 11) is -2.73. The van der Waals surface area contributed by atoms with Gasteiger partial charge >= 0.3 is 0 Å². The van der Waals surface area contributed by atoms with Gasteiger partial charge in [-0.1, -0.05) is 29.3 Å². The number of amides is 1. The van der Waals surface area contributed by atoms with Crippen molar-refractivity contribution < 1.29 is 22.3 Å². The van der Waals surface area contributed by atoms with Crippen LogP contribution in [0.2, 0.25) is 10.0 Å². The van der Waals surface area contributed by atoms with Gasteiger partial charge in [-0.15, -0.1) is 0 Å². The number of sulfonamides is 1. The first kappa shape index (κ1) is 21.8. The number of carbonyl (C=O) groups is 1. The second kappa shape index (κ2) is 8.87. The average Bonchev–Trinajstić information content (AvgIpc) is 2.71. The molecule has 156 valence electrons. The Morgan fingerprint density at radius 1 is 1.28 bits per heavy atom. The van der Waals surface area contributed by atoms with Crippen LogP contribution in [-0.4, -0.2) is 38.8 Å². The molecular weight excluding hydrogens is 442 g/mol. The maximum Gasteiger partial charge on any atom is 0.246 e. The van der Waals surface area contributed by atoms with Gasteiger partial charge in [0.2, 0.25) is 15.9 Å². The van der Waals surface area contributed by atoms with Crippen molar-refractivity contribution in [2.24, 2.45) is 5.92 Å². The van der Waals surface area contributed by atoms with Gasteiger partial charge in [0.15, 0.2) is 0 Å². The number of carbonyl (C=O) groups excluding carboxylic acids is 1. The van der Waals surface area contributed by atoms with E-state index in [0.29, 0.717) is 23.6 Å². The summed E-state index contributed by atoms with van der Waals surface area (Å²) in [6.45, 7) is 0.190. The van der Waals surface area contributed by atoms with Crippen LogP contribution in [0.3, 0.4) is 0 Å². The Balaban J connectivity index is 1.80. The zero-order valence-corrected chi connectivity index (χ0v) is 17.8. The fourth-order valence-electron chi connectivity index (χ4n) is 3.20. The van der Waals surface area contributed by atoms with Gasteiger partial charge in [-0.05, 0) is 43.2 Å². The largest absolute Gasteiger partial charge is 0.495 e. The van der Waals surface area contributed by atoms with Crippen molar-refractivity contribution in [2.75, 3.05) is 25.5 Å². The predicted molar refractivity (Wildman–Crippen MR) is 110 cm³/mol. The number of nitrogens with zero attached hydrogens (tertiary/aromatic N) is 1. The summed E-state index contributed by atoms with van der Waals surface area (Å²) in [5.74, 6) is -1.59. The summed E-state index contributed by atoms with van der Waals surface area (Å²) >= 11 is 12.1. The van der Waals surface area contributed by atoms with Crippen molar-refractivity contribution >= 4 is 44.8 Å². The smallest absolute Gasteiger partial charge is 0.246 e. The highest BCUT2D eigenvalue weighted by molar-refractivity contribution is 7.89. The van der Waals surface area contributed by atoms with E-state index in [1.807, 2.05) is 0 Å². The number of piperidine rings is 1. The first-order chi connectivity index (χ1) is 13.7. The van der Waals surface area contributed by atoms with Crippen molar-refractivity contribution in [3.8, 4) is 5.75 Å². The van der Waals surface area contributed by atoms with Crippen LogP contribution in [0.15, 0.2) is 41.3 Å². The third-order valence-corrected chi connectivity index (χ3v) is 7.41. The number of methoxy groups -OCH3 is 1. The minimum atomic E-state index is -4.04. The number of halogens is 3. The van der Waals surface area contributed by atoms with Crippen LogP contribution in [-0.2, 0) is 14.8 Å². The summed E-state index contributed by atoms with van der Waals surface area (Å²) in [6, 6.07) is 8.17. The van der Waals surface area contributed by atoms with E-state index in [4.69, 9.17) is 27.9 Å². The summed E-state index contributed by atoms with van der Waals surface area (Å²) < 4.78 is 46.0. The fraction of sp³-hybridized carbons (Fsp3) is 0.316. The van der Waals surface area contributed by atoms with Gasteiger partial charge in [0, 0.05) is 13.1 Å². The van der Waals surface area contributed by atoms with Crippen LogP contribution in [0.1, 0.15) is 12.8 Å². The Morgan fingerprint density at radius 3 is 2.76 bits per heavy atom. The van der Waals surface area contributed by atoms with Crippen molar-refractivity contribution in [2.45, 2.75) is 17.7 Å². The number of nitrogens with one attached hydrogen (secondary N) is 1. The molecule has 1 fully saturated rings. The normalized spacial score (nSPS) is 17.7. The quantitative estimate of drug-likeness (QED) is 0.725. The monoisotopic (exact) mass is 460 g/mol. The predicted octanol–water partition coefficient (Wildman–Crippen LogP) is 4.18. The lowest BCUT2D eigenvalue weighted by molar-refractivity contribution is -0.120. The van der Waals surface area contributed by atoms with E-state index in [1.54, 1.807) is 18.2 Å². The van der Waals surface area contributed by atoms with Gasteiger partial charge in [-0.25, -0.2) is 12.8 Å². The second-order valence-corrected chi connectivity index (χ2v) is 9.28. The maximum absolute atomic E-state index is 13.7. The Morgan fingerprint density at radius 2 is 2.03 bits per heavy atom. The molecule has 0 saturated carbocycles. The van der Waals surface area contributed by atoms with Gasteiger partial charge in [-0.3, -0.25) is 4.79 Å². The van der Waals surface area contributed by atoms with E-state index in [9.17, 15) is 17.6 Å². The van der Waals surface area contributed by atoms with Crippen molar-refractivity contribution in [1.82, 2.24) is 4.31 Å². The van der Waals surface area contributed by atoms with Crippen LogP contribution in [0.5, 0.6) is 5.75 Å². The molecule has 0 aliphatic carbocycles. The van der Waals surface area contributed by atoms with Crippen LogP contribution in [0, 0.1) is 11.7 Å². The summed E-state index contributed by atoms with van der Waals surface area (Å²) in [6.07, 6.45) is 0.995. The standard InChI is InChI=1S/C19H19Cl2FN2O4S/c1-28-16-8-7-13(22)10-17(16)29(26,27)24-9-3-4-12(11-24)19(25)23-15-6-2-5-14(20)18(15)21/h2,5-8,10,12H,3-4,9,11H2,1H3,(H,23,25)/t12-/m1/s1. The number of ether oxygens (including phenoxy) is 1. The third-order valence-electron chi connectivity index (χ3n) is 4.71. The number of hydrogen-bond donors (Lipinski definition) is 1. The molecule has 1 amide bonds.